The van der Waals surface area contributed by atoms with Crippen molar-refractivity contribution in [3.05, 3.63) is 66.2 Å². The van der Waals surface area contributed by atoms with Crippen LogP contribution >= 0.6 is 12.2 Å². The van der Waals surface area contributed by atoms with Gasteiger partial charge < -0.3 is 0 Å². The van der Waals surface area contributed by atoms with Gasteiger partial charge in [0.15, 0.2) is 15.7 Å². The number of nitrogens with zero attached hydrogens (tertiary/aromatic N) is 2. The molecule has 0 spiro atoms. The lowest BCUT2D eigenvalue weighted by atomic mass is 10.2. The number of rotatable bonds is 4. The highest BCUT2D eigenvalue weighted by atomic mass is 32.2. The molecular formula is C15H12N2O2S2. The summed E-state index contributed by atoms with van der Waals surface area (Å²) in [5.74, 6) is -0.132. The maximum atomic E-state index is 12.2. The number of hydrogen-bond acceptors (Lipinski definition) is 4. The van der Waals surface area contributed by atoms with Crippen LogP contribution in [0, 0.1) is 0 Å². The quantitative estimate of drug-likeness (QED) is 0.495. The number of sulfone groups is 1. The molecule has 0 aromatic heterocycles. The summed E-state index contributed by atoms with van der Waals surface area (Å²) in [6.07, 6.45) is 0. The summed E-state index contributed by atoms with van der Waals surface area (Å²) in [7, 11) is -3.49. The Bertz CT molecular complexity index is 779. The monoisotopic (exact) mass is 316 g/mol. The van der Waals surface area contributed by atoms with E-state index in [1.807, 2.05) is 18.2 Å². The van der Waals surface area contributed by atoms with Crippen molar-refractivity contribution in [2.24, 2.45) is 9.98 Å². The maximum Gasteiger partial charge on any atom is 0.198 e. The summed E-state index contributed by atoms with van der Waals surface area (Å²) in [4.78, 5) is 8.14. The molecule has 0 amide bonds. The summed E-state index contributed by atoms with van der Waals surface area (Å²) in [5.41, 5.74) is 0.693. The second-order valence-corrected chi connectivity index (χ2v) is 6.25. The molecule has 0 heterocycles. The van der Waals surface area contributed by atoms with Crippen LogP contribution in [0.1, 0.15) is 5.56 Å². The Balaban J connectivity index is 2.31. The van der Waals surface area contributed by atoms with Crippen LogP contribution in [0.4, 0.5) is 0 Å². The van der Waals surface area contributed by atoms with Crippen molar-refractivity contribution in [2.45, 2.75) is 4.90 Å². The van der Waals surface area contributed by atoms with E-state index in [2.05, 4.69) is 27.4 Å². The molecule has 2 aromatic carbocycles. The SMILES string of the molecule is O=S(=O)(CN=C(N=C=S)c1ccccc1)c1ccccc1. The molecule has 0 bridgehead atoms. The topological polar surface area (TPSA) is 58.9 Å². The molecule has 0 radical (unpaired) electrons. The van der Waals surface area contributed by atoms with Crippen molar-refractivity contribution >= 4 is 33.1 Å². The number of isothiocyanates is 1. The van der Waals surface area contributed by atoms with Crippen LogP contribution in [-0.4, -0.2) is 25.3 Å². The molecule has 0 aliphatic rings. The van der Waals surface area contributed by atoms with Gasteiger partial charge in [-0.15, -0.1) is 0 Å². The van der Waals surface area contributed by atoms with Gasteiger partial charge in [0.1, 0.15) is 5.88 Å². The van der Waals surface area contributed by atoms with Gasteiger partial charge in [0.05, 0.1) is 10.1 Å². The van der Waals surface area contributed by atoms with Crippen LogP contribution in [-0.2, 0) is 9.84 Å². The molecule has 106 valence electrons. The minimum atomic E-state index is -3.49. The zero-order valence-corrected chi connectivity index (χ0v) is 12.6. The minimum Gasteiger partial charge on any atom is -0.249 e. The Kier molecular flexibility index (Phi) is 5.11. The average Bonchev–Trinajstić information content (AvgIpc) is 2.53. The second-order valence-electron chi connectivity index (χ2n) is 4.11. The van der Waals surface area contributed by atoms with Gasteiger partial charge >= 0.3 is 0 Å². The van der Waals surface area contributed by atoms with E-state index in [4.69, 9.17) is 0 Å². The fraction of sp³-hybridized carbons (Fsp3) is 0.0667. The zero-order valence-electron chi connectivity index (χ0n) is 11.0. The molecule has 0 atom stereocenters. The van der Waals surface area contributed by atoms with Crippen LogP contribution in [0.2, 0.25) is 0 Å². The first-order valence-corrected chi connectivity index (χ1v) is 8.15. The molecule has 4 nitrogen and oxygen atoms in total. The summed E-state index contributed by atoms with van der Waals surface area (Å²) in [6, 6.07) is 17.2. The van der Waals surface area contributed by atoms with Gasteiger partial charge in [0.2, 0.25) is 0 Å². The Hall–Kier alpha value is -2.14. The Labute approximate surface area is 128 Å². The van der Waals surface area contributed by atoms with E-state index in [-0.39, 0.29) is 16.6 Å². The molecule has 2 rings (SSSR count). The lowest BCUT2D eigenvalue weighted by molar-refractivity contribution is 0.596. The highest BCUT2D eigenvalue weighted by Gasteiger charge is 2.13. The molecule has 0 aliphatic heterocycles. The number of aliphatic imine (C=N–C) groups is 2. The first-order chi connectivity index (χ1) is 10.1. The van der Waals surface area contributed by atoms with E-state index in [9.17, 15) is 8.42 Å². The Morgan fingerprint density at radius 3 is 2.14 bits per heavy atom. The van der Waals surface area contributed by atoms with E-state index in [1.165, 1.54) is 12.1 Å². The molecular weight excluding hydrogens is 304 g/mol. The molecule has 21 heavy (non-hydrogen) atoms. The number of benzene rings is 2. The van der Waals surface area contributed by atoms with Crippen LogP contribution in [0.3, 0.4) is 0 Å². The minimum absolute atomic E-state index is 0.229. The summed E-state index contributed by atoms with van der Waals surface area (Å²) < 4.78 is 24.4. The highest BCUT2D eigenvalue weighted by molar-refractivity contribution is 7.91. The average molecular weight is 316 g/mol. The molecule has 0 aliphatic carbocycles. The van der Waals surface area contributed by atoms with Crippen molar-refractivity contribution in [1.82, 2.24) is 0 Å². The van der Waals surface area contributed by atoms with E-state index >= 15 is 0 Å². The van der Waals surface area contributed by atoms with Gasteiger partial charge in [-0.25, -0.2) is 13.4 Å². The van der Waals surface area contributed by atoms with Crippen molar-refractivity contribution < 1.29 is 8.42 Å². The van der Waals surface area contributed by atoms with E-state index in [0.29, 0.717) is 5.56 Å². The van der Waals surface area contributed by atoms with Gasteiger partial charge in [-0.3, -0.25) is 0 Å². The molecule has 0 N–H and O–H groups in total. The number of thiocarbonyl (C=S) groups is 1. The van der Waals surface area contributed by atoms with Crippen LogP contribution < -0.4 is 0 Å². The Morgan fingerprint density at radius 1 is 1.00 bits per heavy atom. The van der Waals surface area contributed by atoms with Gasteiger partial charge in [-0.05, 0) is 24.4 Å². The van der Waals surface area contributed by atoms with Crippen molar-refractivity contribution in [2.75, 3.05) is 5.88 Å². The third-order valence-electron chi connectivity index (χ3n) is 2.67. The number of hydrogen-bond donors (Lipinski definition) is 0. The molecule has 6 heteroatoms. The van der Waals surface area contributed by atoms with Gasteiger partial charge in [0, 0.05) is 5.56 Å². The normalized spacial score (nSPS) is 11.7. The van der Waals surface area contributed by atoms with Crippen LogP contribution in [0.25, 0.3) is 0 Å². The highest BCUT2D eigenvalue weighted by Crippen LogP contribution is 2.11. The van der Waals surface area contributed by atoms with Gasteiger partial charge in [-0.1, -0.05) is 48.5 Å². The fourth-order valence-electron chi connectivity index (χ4n) is 1.67. The fourth-order valence-corrected chi connectivity index (χ4v) is 2.77. The third-order valence-corrected chi connectivity index (χ3v) is 4.22. The lowest BCUT2D eigenvalue weighted by Crippen LogP contribution is -2.07. The summed E-state index contributed by atoms with van der Waals surface area (Å²) in [6.45, 7) is 0. The smallest absolute Gasteiger partial charge is 0.198 e. The molecule has 0 fully saturated rings. The van der Waals surface area contributed by atoms with Crippen molar-refractivity contribution in [1.29, 1.82) is 0 Å². The lowest BCUT2D eigenvalue weighted by Gasteiger charge is -2.03. The van der Waals surface area contributed by atoms with Gasteiger partial charge in [0.25, 0.3) is 0 Å². The van der Waals surface area contributed by atoms with Gasteiger partial charge in [-0.2, -0.15) is 4.99 Å². The number of amidine groups is 1. The molecule has 0 saturated heterocycles. The summed E-state index contributed by atoms with van der Waals surface area (Å²) in [5, 5.41) is 2.23. The van der Waals surface area contributed by atoms with Crippen LogP contribution in [0.15, 0.2) is 75.5 Å². The third kappa shape index (κ3) is 4.16. The van der Waals surface area contributed by atoms with E-state index in [1.54, 1.807) is 30.3 Å². The Morgan fingerprint density at radius 2 is 1.57 bits per heavy atom. The van der Waals surface area contributed by atoms with Crippen molar-refractivity contribution in [3.63, 3.8) is 0 Å². The van der Waals surface area contributed by atoms with Crippen molar-refractivity contribution in [3.8, 4) is 0 Å². The predicted octanol–water partition coefficient (Wildman–Crippen LogP) is 2.97. The predicted molar refractivity (Wildman–Crippen MR) is 86.5 cm³/mol. The van der Waals surface area contributed by atoms with E-state index in [0.717, 1.165) is 0 Å². The molecule has 0 unspecified atom stereocenters. The van der Waals surface area contributed by atoms with Crippen LogP contribution in [0.5, 0.6) is 0 Å². The summed E-state index contributed by atoms with van der Waals surface area (Å²) >= 11 is 4.58. The molecule has 0 saturated carbocycles. The second kappa shape index (κ2) is 7.04. The standard InChI is InChI=1S/C15H12N2O2S2/c18-21(19,14-9-5-2-6-10-14)12-17-15(16-11-20)13-7-3-1-4-8-13/h1-10H,12H2. The largest absolute Gasteiger partial charge is 0.249 e. The first kappa shape index (κ1) is 15.3. The zero-order chi connectivity index (χ0) is 15.1. The first-order valence-electron chi connectivity index (χ1n) is 6.09. The molecule has 2 aromatic rings. The van der Waals surface area contributed by atoms with E-state index < -0.39 is 9.84 Å². The maximum absolute atomic E-state index is 12.2.